The molecule has 0 saturated heterocycles. The van der Waals surface area contributed by atoms with Crippen molar-refractivity contribution in [2.75, 3.05) is 25.6 Å². The van der Waals surface area contributed by atoms with E-state index in [1.807, 2.05) is 25.2 Å². The Morgan fingerprint density at radius 2 is 2.06 bits per heavy atom. The summed E-state index contributed by atoms with van der Waals surface area (Å²) in [5.41, 5.74) is 8.98. The maximum absolute atomic E-state index is 5.71. The summed E-state index contributed by atoms with van der Waals surface area (Å²) in [6, 6.07) is 5.84. The summed E-state index contributed by atoms with van der Waals surface area (Å²) in [4.78, 5) is 2.12. The highest BCUT2D eigenvalue weighted by atomic mass is 16.5. The molecule has 0 amide bonds. The predicted molar refractivity (Wildman–Crippen MR) is 74.3 cm³/mol. The van der Waals surface area contributed by atoms with E-state index in [4.69, 9.17) is 10.5 Å². The molecule has 92 valence electrons. The lowest BCUT2D eigenvalue weighted by Gasteiger charge is -2.22. The summed E-state index contributed by atoms with van der Waals surface area (Å²) in [5, 5.41) is 0. The minimum atomic E-state index is 0.487. The van der Waals surface area contributed by atoms with Crippen LogP contribution in [0.1, 0.15) is 12.5 Å². The number of hydrogen-bond acceptors (Lipinski definition) is 3. The maximum atomic E-state index is 5.71. The van der Waals surface area contributed by atoms with Gasteiger partial charge in [-0.3, -0.25) is 0 Å². The molecule has 3 nitrogen and oxygen atoms in total. The highest BCUT2D eigenvalue weighted by Gasteiger charge is 2.11. The van der Waals surface area contributed by atoms with E-state index < -0.39 is 0 Å². The van der Waals surface area contributed by atoms with E-state index in [9.17, 15) is 0 Å². The third kappa shape index (κ3) is 2.81. The fourth-order valence-electron chi connectivity index (χ4n) is 1.55. The number of methoxy groups -OCH3 is 1. The van der Waals surface area contributed by atoms with Gasteiger partial charge in [0.1, 0.15) is 5.75 Å². The quantitative estimate of drug-likeness (QED) is 0.793. The molecule has 3 heteroatoms. The monoisotopic (exact) mass is 232 g/mol. The average Bonchev–Trinajstić information content (AvgIpc) is 2.35. The SMILES string of the molecule is C=C(N)C(=C)c1ccc(OC)cc1N(C)CC. The van der Waals surface area contributed by atoms with Gasteiger partial charge in [-0.25, -0.2) is 0 Å². The fraction of sp³-hybridized carbons (Fsp3) is 0.286. The van der Waals surface area contributed by atoms with Gasteiger partial charge in [-0.1, -0.05) is 13.2 Å². The number of hydrogen-bond donors (Lipinski definition) is 1. The van der Waals surface area contributed by atoms with E-state index in [2.05, 4.69) is 25.0 Å². The molecule has 0 bridgehead atoms. The van der Waals surface area contributed by atoms with Crippen LogP contribution >= 0.6 is 0 Å². The zero-order chi connectivity index (χ0) is 13.0. The van der Waals surface area contributed by atoms with Gasteiger partial charge in [-0.15, -0.1) is 0 Å². The third-order valence-electron chi connectivity index (χ3n) is 2.80. The predicted octanol–water partition coefficient (Wildman–Crippen LogP) is 2.64. The Kier molecular flexibility index (Phi) is 4.21. The van der Waals surface area contributed by atoms with Gasteiger partial charge in [-0.2, -0.15) is 0 Å². The van der Waals surface area contributed by atoms with Crippen molar-refractivity contribution in [3.05, 3.63) is 42.6 Å². The van der Waals surface area contributed by atoms with Gasteiger partial charge in [0.25, 0.3) is 0 Å². The van der Waals surface area contributed by atoms with E-state index in [1.54, 1.807) is 7.11 Å². The normalized spacial score (nSPS) is 9.82. The van der Waals surface area contributed by atoms with Crippen LogP contribution in [0.2, 0.25) is 0 Å². The van der Waals surface area contributed by atoms with E-state index in [0.29, 0.717) is 5.70 Å². The molecular weight excluding hydrogens is 212 g/mol. The van der Waals surface area contributed by atoms with Gasteiger partial charge in [0.05, 0.1) is 7.11 Å². The number of anilines is 1. The van der Waals surface area contributed by atoms with Crippen molar-refractivity contribution in [3.63, 3.8) is 0 Å². The zero-order valence-corrected chi connectivity index (χ0v) is 10.8. The molecule has 0 saturated carbocycles. The molecule has 0 aliphatic heterocycles. The molecule has 2 N–H and O–H groups in total. The van der Waals surface area contributed by atoms with Crippen molar-refractivity contribution >= 4 is 11.3 Å². The van der Waals surface area contributed by atoms with Crippen LogP contribution in [0.4, 0.5) is 5.69 Å². The summed E-state index contributed by atoms with van der Waals surface area (Å²) in [5.74, 6) is 0.819. The summed E-state index contributed by atoms with van der Waals surface area (Å²) in [6.07, 6.45) is 0. The minimum Gasteiger partial charge on any atom is -0.497 e. The zero-order valence-electron chi connectivity index (χ0n) is 10.8. The second-order valence-electron chi connectivity index (χ2n) is 3.90. The second-order valence-corrected chi connectivity index (χ2v) is 3.90. The molecule has 1 aromatic carbocycles. The molecule has 1 rings (SSSR count). The molecule has 0 unspecified atom stereocenters. The molecular formula is C14H20N2O. The van der Waals surface area contributed by atoms with Gasteiger partial charge in [-0.05, 0) is 24.6 Å². The van der Waals surface area contributed by atoms with Gasteiger partial charge in [0, 0.05) is 36.6 Å². The Balaban J connectivity index is 3.29. The summed E-state index contributed by atoms with van der Waals surface area (Å²) in [7, 11) is 3.67. The van der Waals surface area contributed by atoms with Crippen LogP contribution in [0.3, 0.4) is 0 Å². The molecule has 1 aromatic rings. The molecule has 0 heterocycles. The highest BCUT2D eigenvalue weighted by Crippen LogP contribution is 2.31. The van der Waals surface area contributed by atoms with Crippen LogP contribution in [0.15, 0.2) is 37.1 Å². The number of allylic oxidation sites excluding steroid dienone is 1. The Morgan fingerprint density at radius 3 is 2.53 bits per heavy atom. The van der Waals surface area contributed by atoms with Crippen molar-refractivity contribution in [2.45, 2.75) is 6.92 Å². The Labute approximate surface area is 103 Å². The molecule has 0 atom stereocenters. The topological polar surface area (TPSA) is 38.5 Å². The summed E-state index contributed by atoms with van der Waals surface area (Å²) in [6.45, 7) is 10.7. The number of ether oxygens (including phenoxy) is 1. The first-order chi connectivity index (χ1) is 8.01. The fourth-order valence-corrected chi connectivity index (χ4v) is 1.55. The van der Waals surface area contributed by atoms with Crippen molar-refractivity contribution in [3.8, 4) is 5.75 Å². The van der Waals surface area contributed by atoms with Crippen LogP contribution < -0.4 is 15.4 Å². The van der Waals surface area contributed by atoms with E-state index >= 15 is 0 Å². The molecule has 0 spiro atoms. The van der Waals surface area contributed by atoms with E-state index in [-0.39, 0.29) is 0 Å². The summed E-state index contributed by atoms with van der Waals surface area (Å²) < 4.78 is 5.23. The van der Waals surface area contributed by atoms with Crippen molar-refractivity contribution < 1.29 is 4.74 Å². The summed E-state index contributed by atoms with van der Waals surface area (Å²) >= 11 is 0. The number of nitrogens with two attached hydrogens (primary N) is 1. The smallest absolute Gasteiger partial charge is 0.120 e. The van der Waals surface area contributed by atoms with Gasteiger partial charge in [0.15, 0.2) is 0 Å². The number of rotatable bonds is 5. The lowest BCUT2D eigenvalue weighted by molar-refractivity contribution is 0.415. The molecule has 0 aliphatic carbocycles. The first-order valence-electron chi connectivity index (χ1n) is 5.54. The van der Waals surface area contributed by atoms with Crippen LogP contribution in [0, 0.1) is 0 Å². The van der Waals surface area contributed by atoms with Crippen LogP contribution in [0.5, 0.6) is 5.75 Å². The van der Waals surface area contributed by atoms with Crippen molar-refractivity contribution in [1.29, 1.82) is 0 Å². The molecule has 0 aromatic heterocycles. The van der Waals surface area contributed by atoms with E-state index in [0.717, 1.165) is 29.1 Å². The first-order valence-corrected chi connectivity index (χ1v) is 5.54. The van der Waals surface area contributed by atoms with Crippen molar-refractivity contribution in [1.82, 2.24) is 0 Å². The molecule has 0 fully saturated rings. The number of benzene rings is 1. The second kappa shape index (κ2) is 5.43. The molecule has 0 aliphatic rings. The highest BCUT2D eigenvalue weighted by molar-refractivity contribution is 5.84. The standard InChI is InChI=1S/C14H20N2O/c1-6-16(4)14-9-12(17-5)7-8-13(14)10(2)11(3)15/h7-9H,2-3,6,15H2,1,4-5H3. The molecule has 17 heavy (non-hydrogen) atoms. The Hall–Kier alpha value is -1.90. The Morgan fingerprint density at radius 1 is 1.41 bits per heavy atom. The average molecular weight is 232 g/mol. The van der Waals surface area contributed by atoms with Crippen LogP contribution in [-0.4, -0.2) is 20.7 Å². The van der Waals surface area contributed by atoms with Crippen LogP contribution in [0.25, 0.3) is 5.57 Å². The number of nitrogens with zero attached hydrogens (tertiary/aromatic N) is 1. The minimum absolute atomic E-state index is 0.487. The van der Waals surface area contributed by atoms with Gasteiger partial charge >= 0.3 is 0 Å². The van der Waals surface area contributed by atoms with Crippen molar-refractivity contribution in [2.24, 2.45) is 5.73 Å². The largest absolute Gasteiger partial charge is 0.497 e. The van der Waals surface area contributed by atoms with Crippen LogP contribution in [-0.2, 0) is 0 Å². The third-order valence-corrected chi connectivity index (χ3v) is 2.80. The molecule has 0 radical (unpaired) electrons. The first kappa shape index (κ1) is 13.2. The Bertz CT molecular complexity index is 438. The van der Waals surface area contributed by atoms with Gasteiger partial charge < -0.3 is 15.4 Å². The lowest BCUT2D eigenvalue weighted by Crippen LogP contribution is -2.18. The maximum Gasteiger partial charge on any atom is 0.120 e. The van der Waals surface area contributed by atoms with E-state index in [1.165, 1.54) is 0 Å². The lowest BCUT2D eigenvalue weighted by atomic mass is 10.0. The van der Waals surface area contributed by atoms with Gasteiger partial charge in [0.2, 0.25) is 0 Å².